The SMILES string of the molecule is CC(C(=N)N)N(C)S(=O)(=O)NC(C)(C)C. The fourth-order valence-electron chi connectivity index (χ4n) is 0.863. The fourth-order valence-corrected chi connectivity index (χ4v) is 2.31. The van der Waals surface area contributed by atoms with Crippen molar-refractivity contribution in [1.82, 2.24) is 9.03 Å². The van der Waals surface area contributed by atoms with Crippen molar-refractivity contribution in [1.29, 1.82) is 5.41 Å². The van der Waals surface area contributed by atoms with Gasteiger partial charge < -0.3 is 5.73 Å². The molecule has 0 aromatic carbocycles. The van der Waals surface area contributed by atoms with Crippen LogP contribution < -0.4 is 10.5 Å². The van der Waals surface area contributed by atoms with Crippen molar-refractivity contribution in [3.63, 3.8) is 0 Å². The average molecular weight is 236 g/mol. The lowest BCUT2D eigenvalue weighted by atomic mass is 10.1. The van der Waals surface area contributed by atoms with E-state index in [9.17, 15) is 8.42 Å². The third kappa shape index (κ3) is 4.59. The van der Waals surface area contributed by atoms with Crippen molar-refractivity contribution in [3.05, 3.63) is 0 Å². The van der Waals surface area contributed by atoms with Crippen molar-refractivity contribution in [2.24, 2.45) is 5.73 Å². The topological polar surface area (TPSA) is 99.3 Å². The number of rotatable bonds is 4. The summed E-state index contributed by atoms with van der Waals surface area (Å²) in [6, 6.07) is -0.648. The lowest BCUT2D eigenvalue weighted by Crippen LogP contribution is -2.52. The zero-order valence-electron chi connectivity index (χ0n) is 9.83. The molecule has 0 aromatic rings. The molecular formula is C8H20N4O2S. The number of likely N-dealkylation sites (N-methyl/N-ethyl adjacent to an activating group) is 1. The molecule has 0 heterocycles. The van der Waals surface area contributed by atoms with Gasteiger partial charge in [-0.25, -0.2) is 0 Å². The molecule has 15 heavy (non-hydrogen) atoms. The normalized spacial score (nSPS) is 15.3. The van der Waals surface area contributed by atoms with Crippen molar-refractivity contribution < 1.29 is 8.42 Å². The number of hydrogen-bond donors (Lipinski definition) is 3. The van der Waals surface area contributed by atoms with Gasteiger partial charge in [0, 0.05) is 12.6 Å². The van der Waals surface area contributed by atoms with Gasteiger partial charge in [-0.3, -0.25) is 5.41 Å². The van der Waals surface area contributed by atoms with Crippen LogP contribution in [0, 0.1) is 5.41 Å². The molecule has 1 unspecified atom stereocenters. The van der Waals surface area contributed by atoms with Crippen LogP contribution in [0.1, 0.15) is 27.7 Å². The predicted molar refractivity (Wildman–Crippen MR) is 60.9 cm³/mol. The highest BCUT2D eigenvalue weighted by atomic mass is 32.2. The minimum Gasteiger partial charge on any atom is -0.386 e. The van der Waals surface area contributed by atoms with Crippen LogP contribution in [0.15, 0.2) is 0 Å². The molecule has 0 spiro atoms. The molecule has 0 aliphatic carbocycles. The number of nitrogens with two attached hydrogens (primary N) is 1. The van der Waals surface area contributed by atoms with Crippen LogP contribution in [0.3, 0.4) is 0 Å². The monoisotopic (exact) mass is 236 g/mol. The first-order valence-corrected chi connectivity index (χ1v) is 6.02. The van der Waals surface area contributed by atoms with E-state index in [0.29, 0.717) is 0 Å². The van der Waals surface area contributed by atoms with E-state index in [1.807, 2.05) is 0 Å². The highest BCUT2D eigenvalue weighted by Crippen LogP contribution is 2.07. The summed E-state index contributed by atoms with van der Waals surface area (Å²) in [4.78, 5) is 0. The Bertz CT molecular complexity index is 331. The van der Waals surface area contributed by atoms with Crippen molar-refractivity contribution in [3.8, 4) is 0 Å². The molecule has 1 atom stereocenters. The minimum atomic E-state index is -3.60. The van der Waals surface area contributed by atoms with Crippen LogP contribution in [0.2, 0.25) is 0 Å². The van der Waals surface area contributed by atoms with Crippen LogP contribution in [0.4, 0.5) is 0 Å². The average Bonchev–Trinajstić information content (AvgIpc) is 1.96. The Hall–Kier alpha value is -0.660. The number of nitrogens with one attached hydrogen (secondary N) is 2. The maximum Gasteiger partial charge on any atom is 0.280 e. The molecule has 0 aromatic heterocycles. The van der Waals surface area contributed by atoms with E-state index in [2.05, 4.69) is 4.72 Å². The molecule has 4 N–H and O–H groups in total. The van der Waals surface area contributed by atoms with Gasteiger partial charge >= 0.3 is 0 Å². The molecule has 7 heteroatoms. The maximum absolute atomic E-state index is 11.8. The van der Waals surface area contributed by atoms with E-state index in [4.69, 9.17) is 11.1 Å². The van der Waals surface area contributed by atoms with Gasteiger partial charge in [-0.1, -0.05) is 0 Å². The molecule has 0 bridgehead atoms. The molecule has 0 amide bonds. The highest BCUT2D eigenvalue weighted by molar-refractivity contribution is 7.87. The first-order chi connectivity index (χ1) is 6.47. The quantitative estimate of drug-likeness (QED) is 0.468. The van der Waals surface area contributed by atoms with Crippen LogP contribution in [0.25, 0.3) is 0 Å². The van der Waals surface area contributed by atoms with Gasteiger partial charge in [-0.15, -0.1) is 0 Å². The van der Waals surface area contributed by atoms with Crippen LogP contribution in [0.5, 0.6) is 0 Å². The summed E-state index contributed by atoms with van der Waals surface area (Å²) < 4.78 is 27.0. The second-order valence-electron chi connectivity index (χ2n) is 4.50. The zero-order chi connectivity index (χ0) is 12.4. The summed E-state index contributed by atoms with van der Waals surface area (Å²) in [6.45, 7) is 6.80. The molecule has 0 aliphatic heterocycles. The van der Waals surface area contributed by atoms with Gasteiger partial charge in [0.1, 0.15) is 5.84 Å². The largest absolute Gasteiger partial charge is 0.386 e. The number of amidine groups is 1. The fraction of sp³-hybridized carbons (Fsp3) is 0.875. The first-order valence-electron chi connectivity index (χ1n) is 4.58. The van der Waals surface area contributed by atoms with E-state index >= 15 is 0 Å². The molecular weight excluding hydrogens is 216 g/mol. The molecule has 0 aliphatic rings. The molecule has 90 valence electrons. The summed E-state index contributed by atoms with van der Waals surface area (Å²) in [5.74, 6) is -0.184. The Kier molecular flexibility index (Phi) is 4.26. The summed E-state index contributed by atoms with van der Waals surface area (Å²) in [7, 11) is -2.21. The Balaban J connectivity index is 4.83. The Labute approximate surface area is 91.5 Å². The molecule has 0 fully saturated rings. The third-order valence-electron chi connectivity index (χ3n) is 1.81. The van der Waals surface area contributed by atoms with E-state index in [1.165, 1.54) is 7.05 Å². The lowest BCUT2D eigenvalue weighted by molar-refractivity contribution is 0.409. The Morgan fingerprint density at radius 2 is 1.87 bits per heavy atom. The van der Waals surface area contributed by atoms with Crippen LogP contribution in [-0.4, -0.2) is 37.2 Å². The van der Waals surface area contributed by atoms with Gasteiger partial charge in [0.15, 0.2) is 0 Å². The zero-order valence-corrected chi connectivity index (χ0v) is 10.6. The molecule has 0 rings (SSSR count). The van der Waals surface area contributed by atoms with E-state index < -0.39 is 21.8 Å². The van der Waals surface area contributed by atoms with Gasteiger partial charge in [-0.05, 0) is 27.7 Å². The third-order valence-corrected chi connectivity index (χ3v) is 3.75. The maximum atomic E-state index is 11.8. The van der Waals surface area contributed by atoms with Gasteiger partial charge in [0.25, 0.3) is 10.2 Å². The predicted octanol–water partition coefficient (Wildman–Crippen LogP) is -0.124. The Morgan fingerprint density at radius 3 is 2.13 bits per heavy atom. The van der Waals surface area contributed by atoms with E-state index in [-0.39, 0.29) is 5.84 Å². The summed E-state index contributed by atoms with van der Waals surface area (Å²) >= 11 is 0. The van der Waals surface area contributed by atoms with Crippen LogP contribution in [-0.2, 0) is 10.2 Å². The second-order valence-corrected chi connectivity index (χ2v) is 6.23. The van der Waals surface area contributed by atoms with Gasteiger partial charge in [0.05, 0.1) is 6.04 Å². The smallest absolute Gasteiger partial charge is 0.280 e. The van der Waals surface area contributed by atoms with Crippen LogP contribution >= 0.6 is 0 Å². The van der Waals surface area contributed by atoms with Gasteiger partial charge in [-0.2, -0.15) is 17.4 Å². The molecule has 0 saturated heterocycles. The molecule has 0 radical (unpaired) electrons. The van der Waals surface area contributed by atoms with E-state index in [1.54, 1.807) is 27.7 Å². The number of nitrogens with zero attached hydrogens (tertiary/aromatic N) is 1. The van der Waals surface area contributed by atoms with Crippen molar-refractivity contribution >= 4 is 16.0 Å². The van der Waals surface area contributed by atoms with E-state index in [0.717, 1.165) is 4.31 Å². The summed E-state index contributed by atoms with van der Waals surface area (Å²) in [5, 5.41) is 7.19. The molecule has 0 saturated carbocycles. The molecule has 6 nitrogen and oxygen atoms in total. The highest BCUT2D eigenvalue weighted by Gasteiger charge is 2.28. The summed E-state index contributed by atoms with van der Waals surface area (Å²) in [5.41, 5.74) is 4.69. The second kappa shape index (κ2) is 4.46. The van der Waals surface area contributed by atoms with Crippen molar-refractivity contribution in [2.75, 3.05) is 7.05 Å². The summed E-state index contributed by atoms with van der Waals surface area (Å²) in [6.07, 6.45) is 0. The van der Waals surface area contributed by atoms with Crippen molar-refractivity contribution in [2.45, 2.75) is 39.3 Å². The minimum absolute atomic E-state index is 0.184. The number of hydrogen-bond acceptors (Lipinski definition) is 3. The standard InChI is InChI=1S/C8H20N4O2S/c1-6(7(9)10)12(5)15(13,14)11-8(2,3)4/h6,11H,1-5H3,(H3,9,10). The van der Waals surface area contributed by atoms with Gasteiger partial charge in [0.2, 0.25) is 0 Å². The Morgan fingerprint density at radius 1 is 1.47 bits per heavy atom. The first kappa shape index (κ1) is 14.3. The lowest BCUT2D eigenvalue weighted by Gasteiger charge is -2.28.